The molecular weight excluding hydrogens is 588 g/mol. The van der Waals surface area contributed by atoms with Gasteiger partial charge < -0.3 is 9.73 Å². The van der Waals surface area contributed by atoms with E-state index in [1.807, 2.05) is 42.5 Å². The number of nitrogens with zero attached hydrogens (tertiary/aromatic N) is 3. The van der Waals surface area contributed by atoms with Crippen LogP contribution in [0.3, 0.4) is 0 Å². The molecule has 0 saturated carbocycles. The van der Waals surface area contributed by atoms with Gasteiger partial charge in [0.05, 0.1) is 11.1 Å². The van der Waals surface area contributed by atoms with Crippen molar-refractivity contribution in [3.63, 3.8) is 0 Å². The number of hydrogen-bond donors (Lipinski definition) is 1. The summed E-state index contributed by atoms with van der Waals surface area (Å²) in [7, 11) is 0. The molecule has 46 heavy (non-hydrogen) atoms. The number of rotatable bonds is 4. The Morgan fingerprint density at radius 3 is 2.26 bits per heavy atom. The third-order valence-electron chi connectivity index (χ3n) is 8.65. The van der Waals surface area contributed by atoms with Crippen LogP contribution in [0.25, 0.3) is 54.7 Å². The van der Waals surface area contributed by atoms with Crippen LogP contribution in [0.4, 0.5) is 0 Å². The minimum absolute atomic E-state index is 0.298. The lowest BCUT2D eigenvalue weighted by Gasteiger charge is -2.24. The molecule has 8 aromatic rings. The Hall–Kier alpha value is -5.78. The predicted molar refractivity (Wildman–Crippen MR) is 189 cm³/mol. The van der Waals surface area contributed by atoms with Crippen molar-refractivity contribution < 1.29 is 4.42 Å². The number of pyridine rings is 1. The molecule has 3 heterocycles. The van der Waals surface area contributed by atoms with E-state index >= 15 is 0 Å². The van der Waals surface area contributed by atoms with Crippen molar-refractivity contribution >= 4 is 66.8 Å². The molecule has 0 aliphatic carbocycles. The molecule has 2 aromatic heterocycles. The summed E-state index contributed by atoms with van der Waals surface area (Å²) in [5.74, 6) is 1.46. The van der Waals surface area contributed by atoms with Crippen molar-refractivity contribution in [3.8, 4) is 11.3 Å². The Kier molecular flexibility index (Phi) is 6.18. The topological polar surface area (TPSA) is 62.8 Å². The van der Waals surface area contributed by atoms with Gasteiger partial charge in [0.2, 0.25) is 0 Å². The third-order valence-corrected chi connectivity index (χ3v) is 8.88. The van der Waals surface area contributed by atoms with Crippen molar-refractivity contribution in [3.05, 3.63) is 161 Å². The van der Waals surface area contributed by atoms with Crippen molar-refractivity contribution in [2.45, 2.75) is 6.17 Å². The normalized spacial score (nSPS) is 14.8. The van der Waals surface area contributed by atoms with Gasteiger partial charge in [-0.1, -0.05) is 109 Å². The predicted octanol–water partition coefficient (Wildman–Crippen LogP) is 10.1. The van der Waals surface area contributed by atoms with E-state index < -0.39 is 0 Å². The molecule has 1 aliphatic rings. The summed E-state index contributed by atoms with van der Waals surface area (Å²) in [5, 5.41) is 10.6. The lowest BCUT2D eigenvalue weighted by atomic mass is 9.95. The number of aliphatic imine (C=N–C) groups is 2. The molecule has 0 radical (unpaired) electrons. The van der Waals surface area contributed by atoms with Crippen molar-refractivity contribution in [2.75, 3.05) is 0 Å². The van der Waals surface area contributed by atoms with E-state index in [1.165, 1.54) is 5.39 Å². The summed E-state index contributed by atoms with van der Waals surface area (Å²) in [4.78, 5) is 15.2. The smallest absolute Gasteiger partial charge is 0.160 e. The van der Waals surface area contributed by atoms with Crippen LogP contribution in [-0.4, -0.2) is 16.7 Å². The quantitative estimate of drug-likeness (QED) is 0.215. The van der Waals surface area contributed by atoms with Crippen LogP contribution in [0.5, 0.6) is 0 Å². The fourth-order valence-electron chi connectivity index (χ4n) is 6.46. The molecule has 6 heteroatoms. The highest BCUT2D eigenvalue weighted by Gasteiger charge is 2.23. The van der Waals surface area contributed by atoms with Gasteiger partial charge in [0.1, 0.15) is 23.2 Å². The number of furan rings is 1. The van der Waals surface area contributed by atoms with E-state index in [0.29, 0.717) is 10.9 Å². The van der Waals surface area contributed by atoms with Gasteiger partial charge in [0, 0.05) is 39.4 Å². The molecule has 6 aromatic carbocycles. The molecular formula is C40H25ClN4O. The molecule has 218 valence electrons. The highest BCUT2D eigenvalue weighted by Crippen LogP contribution is 2.39. The Balaban J connectivity index is 1.24. The molecule has 5 nitrogen and oxygen atoms in total. The van der Waals surface area contributed by atoms with Crippen LogP contribution in [0.1, 0.15) is 22.9 Å². The first-order valence-corrected chi connectivity index (χ1v) is 15.5. The maximum Gasteiger partial charge on any atom is 0.160 e. The first-order chi connectivity index (χ1) is 22.7. The monoisotopic (exact) mass is 612 g/mol. The van der Waals surface area contributed by atoms with E-state index in [-0.39, 0.29) is 6.17 Å². The second-order valence-electron chi connectivity index (χ2n) is 11.4. The number of fused-ring (bicyclic) bond motifs is 5. The maximum atomic E-state index is 6.29. The number of amidine groups is 2. The molecule has 0 fully saturated rings. The zero-order valence-electron chi connectivity index (χ0n) is 24.5. The van der Waals surface area contributed by atoms with E-state index in [2.05, 4.69) is 96.3 Å². The summed E-state index contributed by atoms with van der Waals surface area (Å²) >= 11 is 6.29. The second kappa shape index (κ2) is 10.7. The van der Waals surface area contributed by atoms with Gasteiger partial charge in [-0.25, -0.2) is 9.98 Å². The average molecular weight is 613 g/mol. The zero-order chi connectivity index (χ0) is 30.6. The van der Waals surface area contributed by atoms with Crippen molar-refractivity contribution in [2.24, 2.45) is 9.98 Å². The van der Waals surface area contributed by atoms with Gasteiger partial charge in [-0.05, 0) is 57.4 Å². The maximum absolute atomic E-state index is 6.29. The van der Waals surface area contributed by atoms with Crippen molar-refractivity contribution in [1.29, 1.82) is 0 Å². The van der Waals surface area contributed by atoms with Gasteiger partial charge >= 0.3 is 0 Å². The molecule has 0 saturated heterocycles. The molecule has 0 bridgehead atoms. The first-order valence-electron chi connectivity index (χ1n) is 15.2. The van der Waals surface area contributed by atoms with Crippen LogP contribution >= 0.6 is 11.6 Å². The standard InChI is InChI=1S/C40H25ClN4O/c41-28-16-17-33-35(23-28)46-34-20-21-42-37(36(33)34)31-18-19-32(30-13-7-6-12-29(30)31)40-44-38(25-9-2-1-3-10-25)43-39(45-40)27-15-14-24-8-4-5-11-26(24)22-27/h1-23,38H,(H,43,44,45). The molecule has 1 N–H and O–H groups in total. The van der Waals surface area contributed by atoms with Crippen LogP contribution in [0.2, 0.25) is 5.02 Å². The van der Waals surface area contributed by atoms with Gasteiger partial charge in [0.25, 0.3) is 0 Å². The Morgan fingerprint density at radius 2 is 1.39 bits per heavy atom. The second-order valence-corrected chi connectivity index (χ2v) is 11.9. The van der Waals surface area contributed by atoms with Crippen molar-refractivity contribution in [1.82, 2.24) is 10.3 Å². The van der Waals surface area contributed by atoms with Crippen LogP contribution < -0.4 is 5.32 Å². The minimum atomic E-state index is -0.298. The van der Waals surface area contributed by atoms with Crippen LogP contribution in [-0.2, 0) is 0 Å². The number of nitrogens with one attached hydrogen (secondary N) is 1. The van der Waals surface area contributed by atoms with Gasteiger partial charge in [-0.3, -0.25) is 4.98 Å². The SMILES string of the molecule is Clc1ccc2c(c1)oc1ccnc(-c3ccc(C4=NC(c5ccccc5)NC(c5ccc6ccccc6c5)=N4)c4ccccc34)c12. The molecule has 9 rings (SSSR count). The van der Waals surface area contributed by atoms with Gasteiger partial charge in [-0.2, -0.15) is 0 Å². The van der Waals surface area contributed by atoms with Gasteiger partial charge in [0.15, 0.2) is 5.84 Å². The number of benzene rings is 6. The lowest BCUT2D eigenvalue weighted by Crippen LogP contribution is -2.33. The molecule has 1 atom stereocenters. The van der Waals surface area contributed by atoms with Crippen LogP contribution in [0.15, 0.2) is 154 Å². The van der Waals surface area contributed by atoms with Gasteiger partial charge in [-0.15, -0.1) is 0 Å². The lowest BCUT2D eigenvalue weighted by molar-refractivity contribution is 0.668. The Morgan fingerprint density at radius 1 is 0.630 bits per heavy atom. The van der Waals surface area contributed by atoms with E-state index in [4.69, 9.17) is 31.0 Å². The Labute approximate surface area is 269 Å². The third kappa shape index (κ3) is 4.44. The first kappa shape index (κ1) is 26.6. The summed E-state index contributed by atoms with van der Waals surface area (Å²) in [6.07, 6.45) is 1.50. The van der Waals surface area contributed by atoms with E-state index in [9.17, 15) is 0 Å². The fourth-order valence-corrected chi connectivity index (χ4v) is 6.62. The fraction of sp³-hybridized carbons (Fsp3) is 0.0250. The molecule has 0 spiro atoms. The summed E-state index contributed by atoms with van der Waals surface area (Å²) in [6.45, 7) is 0. The molecule has 1 aliphatic heterocycles. The number of aromatic nitrogens is 1. The highest BCUT2D eigenvalue weighted by molar-refractivity contribution is 6.31. The molecule has 0 amide bonds. The minimum Gasteiger partial charge on any atom is -0.456 e. The largest absolute Gasteiger partial charge is 0.456 e. The van der Waals surface area contributed by atoms with E-state index in [1.54, 1.807) is 6.20 Å². The Bertz CT molecular complexity index is 2530. The zero-order valence-corrected chi connectivity index (χ0v) is 25.2. The summed E-state index contributed by atoms with van der Waals surface area (Å²) in [5.41, 5.74) is 6.41. The average Bonchev–Trinajstić information content (AvgIpc) is 3.49. The van der Waals surface area contributed by atoms with Crippen LogP contribution in [0, 0.1) is 0 Å². The molecule has 1 unspecified atom stereocenters. The number of halogens is 1. The highest BCUT2D eigenvalue weighted by atomic mass is 35.5. The number of hydrogen-bond acceptors (Lipinski definition) is 5. The van der Waals surface area contributed by atoms with E-state index in [0.717, 1.165) is 71.9 Å². The summed E-state index contributed by atoms with van der Waals surface area (Å²) in [6, 6.07) is 45.4. The summed E-state index contributed by atoms with van der Waals surface area (Å²) < 4.78 is 6.19.